The van der Waals surface area contributed by atoms with E-state index in [-0.39, 0.29) is 18.3 Å². The summed E-state index contributed by atoms with van der Waals surface area (Å²) < 4.78 is 15.9. The number of hydrogen-bond donors (Lipinski definition) is 1. The summed E-state index contributed by atoms with van der Waals surface area (Å²) in [6.07, 6.45) is 5.01. The van der Waals surface area contributed by atoms with Crippen molar-refractivity contribution in [2.24, 2.45) is 0 Å². The normalized spacial score (nSPS) is 16.4. The standard InChI is InChI=1S/C24H28N2O5/c1-29-24(28)9-6-21-4-3-20(31-21)5-8-23(27)26-13-11-25(12-14-26)17-18-2-7-22-19(16-18)10-15-30-22/h2-5,7-8,16H,6,9-15,17H2,1H3/p+1/b8-5+. The number of piperazine rings is 1. The highest BCUT2D eigenvalue weighted by Gasteiger charge is 2.23. The van der Waals surface area contributed by atoms with Gasteiger partial charge in [0.2, 0.25) is 5.91 Å². The van der Waals surface area contributed by atoms with E-state index in [1.807, 2.05) is 11.0 Å². The largest absolute Gasteiger partial charge is 0.493 e. The van der Waals surface area contributed by atoms with Crippen molar-refractivity contribution < 1.29 is 28.4 Å². The van der Waals surface area contributed by atoms with Gasteiger partial charge in [-0.15, -0.1) is 0 Å². The molecule has 31 heavy (non-hydrogen) atoms. The molecule has 0 saturated carbocycles. The predicted molar refractivity (Wildman–Crippen MR) is 115 cm³/mol. The van der Waals surface area contributed by atoms with Crippen molar-refractivity contribution in [3.05, 3.63) is 59.1 Å². The zero-order valence-electron chi connectivity index (χ0n) is 17.9. The maximum Gasteiger partial charge on any atom is 0.305 e. The van der Waals surface area contributed by atoms with Gasteiger partial charge in [0, 0.05) is 24.5 Å². The quantitative estimate of drug-likeness (QED) is 0.534. The molecule has 4 rings (SSSR count). The van der Waals surface area contributed by atoms with Crippen LogP contribution in [0.2, 0.25) is 0 Å². The monoisotopic (exact) mass is 425 g/mol. The Morgan fingerprint density at radius 3 is 2.84 bits per heavy atom. The summed E-state index contributed by atoms with van der Waals surface area (Å²) in [5.74, 6) is 2.07. The third-order valence-corrected chi connectivity index (χ3v) is 5.87. The SMILES string of the molecule is COC(=O)CCc1ccc(/C=C/C(=O)N2CC[NH+](Cc3ccc4c(c3)CCO4)CC2)o1. The van der Waals surface area contributed by atoms with Crippen LogP contribution in [0.25, 0.3) is 6.08 Å². The van der Waals surface area contributed by atoms with Gasteiger partial charge in [-0.3, -0.25) is 9.59 Å². The molecule has 164 valence electrons. The number of furan rings is 1. The molecule has 1 N–H and O–H groups in total. The third kappa shape index (κ3) is 5.55. The Kier molecular flexibility index (Phi) is 6.72. The maximum atomic E-state index is 12.5. The number of methoxy groups -OCH3 is 1. The summed E-state index contributed by atoms with van der Waals surface area (Å²) >= 11 is 0. The first-order chi connectivity index (χ1) is 15.1. The number of nitrogens with one attached hydrogen (secondary N) is 1. The minimum atomic E-state index is -0.268. The number of carbonyl (C=O) groups excluding carboxylic acids is 2. The van der Waals surface area contributed by atoms with E-state index in [1.165, 1.54) is 23.1 Å². The lowest BCUT2D eigenvalue weighted by Gasteiger charge is -2.31. The number of fused-ring (bicyclic) bond motifs is 1. The molecule has 2 aliphatic heterocycles. The number of aryl methyl sites for hydroxylation is 1. The van der Waals surface area contributed by atoms with Gasteiger partial charge in [0.05, 0.1) is 46.3 Å². The van der Waals surface area contributed by atoms with Gasteiger partial charge < -0.3 is 23.7 Å². The second-order valence-electron chi connectivity index (χ2n) is 8.01. The number of amides is 1. The van der Waals surface area contributed by atoms with Crippen LogP contribution in [0.1, 0.15) is 29.1 Å². The van der Waals surface area contributed by atoms with Crippen LogP contribution in [-0.2, 0) is 33.7 Å². The molecule has 1 aromatic carbocycles. The van der Waals surface area contributed by atoms with Gasteiger partial charge >= 0.3 is 5.97 Å². The minimum absolute atomic E-state index is 0.00115. The summed E-state index contributed by atoms with van der Waals surface area (Å²) in [7, 11) is 1.37. The molecule has 1 fully saturated rings. The van der Waals surface area contributed by atoms with Crippen molar-refractivity contribution in [3.63, 3.8) is 0 Å². The average Bonchev–Trinajstić information content (AvgIpc) is 3.45. The fourth-order valence-corrected chi connectivity index (χ4v) is 4.06. The number of nitrogens with zero attached hydrogens (tertiary/aromatic N) is 1. The van der Waals surface area contributed by atoms with E-state index < -0.39 is 0 Å². The van der Waals surface area contributed by atoms with Gasteiger partial charge in [0.15, 0.2) is 0 Å². The van der Waals surface area contributed by atoms with Gasteiger partial charge in [0.1, 0.15) is 23.8 Å². The van der Waals surface area contributed by atoms with Crippen LogP contribution in [0.5, 0.6) is 5.75 Å². The number of quaternary nitrogens is 1. The molecule has 7 nitrogen and oxygen atoms in total. The lowest BCUT2D eigenvalue weighted by atomic mass is 10.1. The topological polar surface area (TPSA) is 73.4 Å². The van der Waals surface area contributed by atoms with Gasteiger partial charge in [-0.25, -0.2) is 0 Å². The zero-order valence-corrected chi connectivity index (χ0v) is 17.9. The molecule has 2 aliphatic rings. The molecule has 0 atom stereocenters. The highest BCUT2D eigenvalue weighted by Crippen LogP contribution is 2.25. The minimum Gasteiger partial charge on any atom is -0.493 e. The van der Waals surface area contributed by atoms with Crippen LogP contribution < -0.4 is 9.64 Å². The van der Waals surface area contributed by atoms with Gasteiger partial charge in [-0.05, 0) is 42.0 Å². The van der Waals surface area contributed by atoms with Gasteiger partial charge in [-0.1, -0.05) is 0 Å². The molecule has 2 aromatic rings. The van der Waals surface area contributed by atoms with Crippen molar-refractivity contribution in [1.82, 2.24) is 4.90 Å². The summed E-state index contributed by atoms with van der Waals surface area (Å²) in [5.41, 5.74) is 2.64. The smallest absolute Gasteiger partial charge is 0.305 e. The maximum absolute atomic E-state index is 12.5. The zero-order chi connectivity index (χ0) is 21.6. The first-order valence-corrected chi connectivity index (χ1v) is 10.8. The number of rotatable bonds is 7. The van der Waals surface area contributed by atoms with E-state index in [1.54, 1.807) is 18.2 Å². The fourth-order valence-electron chi connectivity index (χ4n) is 4.06. The molecule has 0 aliphatic carbocycles. The molecule has 1 amide bonds. The lowest BCUT2D eigenvalue weighted by molar-refractivity contribution is -0.917. The van der Waals surface area contributed by atoms with Crippen LogP contribution in [0, 0.1) is 0 Å². The van der Waals surface area contributed by atoms with E-state index in [9.17, 15) is 9.59 Å². The van der Waals surface area contributed by atoms with Crippen molar-refractivity contribution in [2.75, 3.05) is 39.9 Å². The molecule has 0 radical (unpaired) electrons. The Labute approximate surface area is 182 Å². The predicted octanol–water partition coefficient (Wildman–Crippen LogP) is 1.26. The second-order valence-corrected chi connectivity index (χ2v) is 8.01. The molecule has 0 bridgehead atoms. The molecule has 7 heteroatoms. The number of hydrogen-bond acceptors (Lipinski definition) is 5. The van der Waals surface area contributed by atoms with Crippen LogP contribution in [0.3, 0.4) is 0 Å². The summed E-state index contributed by atoms with van der Waals surface area (Å²) in [5, 5.41) is 0. The highest BCUT2D eigenvalue weighted by molar-refractivity contribution is 5.91. The Bertz CT molecular complexity index is 957. The number of ether oxygens (including phenoxy) is 2. The van der Waals surface area contributed by atoms with Crippen molar-refractivity contribution in [1.29, 1.82) is 0 Å². The molecule has 3 heterocycles. The Morgan fingerprint density at radius 2 is 2.03 bits per heavy atom. The molecule has 0 unspecified atom stereocenters. The fraction of sp³-hybridized carbons (Fsp3) is 0.417. The van der Waals surface area contributed by atoms with Gasteiger partial charge in [0.25, 0.3) is 0 Å². The summed E-state index contributed by atoms with van der Waals surface area (Å²) in [4.78, 5) is 27.1. The molecule has 1 saturated heterocycles. The number of esters is 1. The number of carbonyl (C=O) groups is 2. The highest BCUT2D eigenvalue weighted by atomic mass is 16.5. The second kappa shape index (κ2) is 9.83. The van der Waals surface area contributed by atoms with Crippen molar-refractivity contribution in [2.45, 2.75) is 25.8 Å². The van der Waals surface area contributed by atoms with Crippen LogP contribution in [0.4, 0.5) is 0 Å². The Morgan fingerprint density at radius 1 is 1.19 bits per heavy atom. The molecule has 1 aromatic heterocycles. The first kappa shape index (κ1) is 21.2. The molecular formula is C24H29N2O5+. The van der Waals surface area contributed by atoms with Gasteiger partial charge in [-0.2, -0.15) is 0 Å². The Balaban J connectivity index is 1.23. The van der Waals surface area contributed by atoms with E-state index in [0.717, 1.165) is 51.5 Å². The van der Waals surface area contributed by atoms with E-state index in [0.29, 0.717) is 17.9 Å². The summed E-state index contributed by atoms with van der Waals surface area (Å²) in [6.45, 7) is 5.13. The van der Waals surface area contributed by atoms with Crippen LogP contribution in [0.15, 0.2) is 40.8 Å². The van der Waals surface area contributed by atoms with Crippen LogP contribution >= 0.6 is 0 Å². The lowest BCUT2D eigenvalue weighted by Crippen LogP contribution is -3.13. The van der Waals surface area contributed by atoms with Crippen LogP contribution in [-0.4, -0.2) is 56.7 Å². The first-order valence-electron chi connectivity index (χ1n) is 10.8. The van der Waals surface area contributed by atoms with E-state index >= 15 is 0 Å². The van der Waals surface area contributed by atoms with E-state index in [2.05, 4.69) is 22.9 Å². The van der Waals surface area contributed by atoms with Crippen molar-refractivity contribution in [3.8, 4) is 5.75 Å². The third-order valence-electron chi connectivity index (χ3n) is 5.87. The Hall–Kier alpha value is -3.06. The number of benzene rings is 1. The summed E-state index contributed by atoms with van der Waals surface area (Å²) in [6, 6.07) is 10.1. The van der Waals surface area contributed by atoms with E-state index in [4.69, 9.17) is 9.15 Å². The molecule has 0 spiro atoms. The molecular weight excluding hydrogens is 396 g/mol. The van der Waals surface area contributed by atoms with Crippen molar-refractivity contribution >= 4 is 18.0 Å². The average molecular weight is 426 g/mol.